The van der Waals surface area contributed by atoms with Gasteiger partial charge in [0.1, 0.15) is 10.7 Å². The molecule has 5 nitrogen and oxygen atoms in total. The molecular weight excluding hydrogens is 369 g/mol. The van der Waals surface area contributed by atoms with Crippen molar-refractivity contribution in [1.29, 1.82) is 0 Å². The van der Waals surface area contributed by atoms with E-state index in [-0.39, 0.29) is 23.4 Å². The van der Waals surface area contributed by atoms with Crippen molar-refractivity contribution in [3.8, 4) is 0 Å². The fourth-order valence-electron chi connectivity index (χ4n) is 3.45. The fourth-order valence-corrected chi connectivity index (χ4v) is 4.55. The van der Waals surface area contributed by atoms with E-state index in [1.165, 1.54) is 19.6 Å². The third-order valence-electron chi connectivity index (χ3n) is 4.84. The molecule has 1 saturated carbocycles. The van der Waals surface area contributed by atoms with Crippen molar-refractivity contribution >= 4 is 33.3 Å². The van der Waals surface area contributed by atoms with E-state index in [9.17, 15) is 14.0 Å². The van der Waals surface area contributed by atoms with E-state index < -0.39 is 17.9 Å². The summed E-state index contributed by atoms with van der Waals surface area (Å²) in [6, 6.07) is 4.84. The average molecular weight is 393 g/mol. The van der Waals surface area contributed by atoms with E-state index in [0.717, 1.165) is 37.0 Å². The molecule has 1 N–H and O–H groups in total. The van der Waals surface area contributed by atoms with Crippen molar-refractivity contribution in [3.05, 3.63) is 34.5 Å². The van der Waals surface area contributed by atoms with Crippen LogP contribution in [0.15, 0.2) is 18.2 Å². The first kappa shape index (κ1) is 19.8. The Labute approximate surface area is 161 Å². The van der Waals surface area contributed by atoms with Crippen LogP contribution in [0.25, 0.3) is 10.1 Å². The third-order valence-corrected chi connectivity index (χ3v) is 6.02. The molecule has 27 heavy (non-hydrogen) atoms. The molecule has 1 aromatic heterocycles. The summed E-state index contributed by atoms with van der Waals surface area (Å²) < 4.78 is 25.4. The Hall–Kier alpha value is -1.99. The highest BCUT2D eigenvalue weighted by Crippen LogP contribution is 2.34. The molecule has 1 heterocycles. The monoisotopic (exact) mass is 393 g/mol. The Morgan fingerprint density at radius 3 is 2.74 bits per heavy atom. The number of halogens is 1. The number of carbonyl (C=O) groups excluding carboxylic acids is 2. The van der Waals surface area contributed by atoms with E-state index in [4.69, 9.17) is 9.47 Å². The number of hydrogen-bond acceptors (Lipinski definition) is 5. The Kier molecular flexibility index (Phi) is 6.44. The summed E-state index contributed by atoms with van der Waals surface area (Å²) in [5, 5.41) is 3.32. The lowest BCUT2D eigenvalue weighted by atomic mass is 9.95. The number of thiophene rings is 1. The summed E-state index contributed by atoms with van der Waals surface area (Å²) in [5.41, 5.74) is 0.459. The Bertz CT molecular complexity index is 829. The lowest BCUT2D eigenvalue weighted by Gasteiger charge is -2.24. The van der Waals surface area contributed by atoms with Crippen LogP contribution in [0.5, 0.6) is 0 Å². The number of amides is 1. The van der Waals surface area contributed by atoms with Crippen LogP contribution < -0.4 is 5.32 Å². The summed E-state index contributed by atoms with van der Waals surface area (Å²) in [4.78, 5) is 25.3. The number of carbonyl (C=O) groups is 2. The van der Waals surface area contributed by atoms with Crippen molar-refractivity contribution in [2.24, 2.45) is 0 Å². The maximum Gasteiger partial charge on any atom is 0.349 e. The molecule has 7 heteroatoms. The minimum absolute atomic E-state index is 0.0913. The van der Waals surface area contributed by atoms with Crippen molar-refractivity contribution in [3.63, 3.8) is 0 Å². The summed E-state index contributed by atoms with van der Waals surface area (Å²) in [6.07, 6.45) is 4.41. The molecule has 1 atom stereocenters. The van der Waals surface area contributed by atoms with E-state index in [1.54, 1.807) is 19.1 Å². The zero-order valence-corrected chi connectivity index (χ0v) is 16.4. The van der Waals surface area contributed by atoms with E-state index >= 15 is 0 Å². The van der Waals surface area contributed by atoms with Gasteiger partial charge in [0, 0.05) is 28.8 Å². The van der Waals surface area contributed by atoms with Gasteiger partial charge < -0.3 is 14.8 Å². The standard InChI is InChI=1S/C20H24FNO4S/c1-12(19(23)22-13-7-4-3-5-8-13)26-20(24)18-14(11-25-2)17-15(21)9-6-10-16(17)27-18/h6,9-10,12-13H,3-5,7-8,11H2,1-2H3,(H,22,23)/t12-/m0/s1. The van der Waals surface area contributed by atoms with Gasteiger partial charge in [0.05, 0.1) is 6.61 Å². The van der Waals surface area contributed by atoms with Crippen LogP contribution in [0.4, 0.5) is 4.39 Å². The van der Waals surface area contributed by atoms with Gasteiger partial charge in [0.15, 0.2) is 6.10 Å². The van der Waals surface area contributed by atoms with Crippen LogP contribution in [0.1, 0.15) is 54.3 Å². The van der Waals surface area contributed by atoms with Gasteiger partial charge in [-0.05, 0) is 31.9 Å². The number of benzene rings is 1. The molecule has 2 aromatic rings. The molecule has 1 aliphatic rings. The predicted octanol–water partition coefficient (Wildman–Crippen LogP) is 4.18. The zero-order valence-electron chi connectivity index (χ0n) is 15.5. The van der Waals surface area contributed by atoms with Gasteiger partial charge in [-0.15, -0.1) is 11.3 Å². The van der Waals surface area contributed by atoms with Crippen molar-refractivity contribution in [2.75, 3.05) is 7.11 Å². The summed E-state index contributed by atoms with van der Waals surface area (Å²) in [7, 11) is 1.49. The van der Waals surface area contributed by atoms with Gasteiger partial charge in [-0.25, -0.2) is 9.18 Å². The van der Waals surface area contributed by atoms with Crippen LogP contribution in [0.2, 0.25) is 0 Å². The van der Waals surface area contributed by atoms with Gasteiger partial charge in [0.2, 0.25) is 0 Å². The summed E-state index contributed by atoms with van der Waals surface area (Å²) in [5.74, 6) is -1.33. The third kappa shape index (κ3) is 4.47. The summed E-state index contributed by atoms with van der Waals surface area (Å²) in [6.45, 7) is 1.65. The van der Waals surface area contributed by atoms with E-state index in [2.05, 4.69) is 5.32 Å². The Morgan fingerprint density at radius 2 is 2.04 bits per heavy atom. The van der Waals surface area contributed by atoms with Crippen LogP contribution in [-0.4, -0.2) is 31.1 Å². The van der Waals surface area contributed by atoms with Crippen LogP contribution >= 0.6 is 11.3 Å². The smallest absolute Gasteiger partial charge is 0.349 e. The van der Waals surface area contributed by atoms with E-state index in [1.807, 2.05) is 0 Å². The first-order chi connectivity index (χ1) is 13.0. The van der Waals surface area contributed by atoms with Gasteiger partial charge >= 0.3 is 5.97 Å². The average Bonchev–Trinajstić information content (AvgIpc) is 3.03. The summed E-state index contributed by atoms with van der Waals surface area (Å²) >= 11 is 1.15. The van der Waals surface area contributed by atoms with Crippen molar-refractivity contribution < 1.29 is 23.5 Å². The molecule has 3 rings (SSSR count). The second-order valence-electron chi connectivity index (χ2n) is 6.85. The van der Waals surface area contributed by atoms with Gasteiger partial charge in [-0.1, -0.05) is 25.3 Å². The number of nitrogens with one attached hydrogen (secondary N) is 1. The molecule has 1 fully saturated rings. The van der Waals surface area contributed by atoms with Gasteiger partial charge in [-0.2, -0.15) is 0 Å². The SMILES string of the molecule is COCc1c(C(=O)O[C@@H](C)C(=O)NC2CCCCC2)sc2cccc(F)c12. The molecule has 146 valence electrons. The molecule has 1 aliphatic carbocycles. The fraction of sp³-hybridized carbons (Fsp3) is 0.500. The quantitative estimate of drug-likeness (QED) is 0.748. The van der Waals surface area contributed by atoms with Gasteiger partial charge in [0.25, 0.3) is 5.91 Å². The minimum atomic E-state index is -0.912. The topological polar surface area (TPSA) is 64.6 Å². The molecule has 0 bridgehead atoms. The van der Waals surface area contributed by atoms with Crippen molar-refractivity contribution in [1.82, 2.24) is 5.32 Å². The molecule has 0 radical (unpaired) electrons. The first-order valence-corrected chi connectivity index (χ1v) is 10.0. The lowest BCUT2D eigenvalue weighted by molar-refractivity contribution is -0.130. The highest BCUT2D eigenvalue weighted by molar-refractivity contribution is 7.21. The predicted molar refractivity (Wildman–Crippen MR) is 102 cm³/mol. The number of methoxy groups -OCH3 is 1. The van der Waals surface area contributed by atoms with Crippen molar-refractivity contribution in [2.45, 2.75) is 57.8 Å². The maximum atomic E-state index is 14.2. The molecule has 0 unspecified atom stereocenters. The second-order valence-corrected chi connectivity index (χ2v) is 7.90. The Balaban J connectivity index is 1.74. The number of fused-ring (bicyclic) bond motifs is 1. The zero-order chi connectivity index (χ0) is 19.4. The number of esters is 1. The molecule has 1 amide bonds. The highest BCUT2D eigenvalue weighted by Gasteiger charge is 2.26. The molecule has 0 saturated heterocycles. The van der Waals surface area contributed by atoms with Gasteiger partial charge in [-0.3, -0.25) is 4.79 Å². The largest absolute Gasteiger partial charge is 0.448 e. The molecule has 1 aromatic carbocycles. The normalized spacial score (nSPS) is 16.3. The molecule has 0 spiro atoms. The second kappa shape index (κ2) is 8.80. The first-order valence-electron chi connectivity index (χ1n) is 9.21. The molecular formula is C20H24FNO4S. The number of ether oxygens (including phenoxy) is 2. The minimum Gasteiger partial charge on any atom is -0.448 e. The maximum absolute atomic E-state index is 14.2. The van der Waals surface area contributed by atoms with Crippen LogP contribution in [0.3, 0.4) is 0 Å². The van der Waals surface area contributed by atoms with Crippen LogP contribution in [0, 0.1) is 5.82 Å². The lowest BCUT2D eigenvalue weighted by Crippen LogP contribution is -2.42. The Morgan fingerprint density at radius 1 is 1.30 bits per heavy atom. The molecule has 0 aliphatic heterocycles. The van der Waals surface area contributed by atoms with E-state index in [0.29, 0.717) is 15.6 Å². The highest BCUT2D eigenvalue weighted by atomic mass is 32.1. The van der Waals surface area contributed by atoms with Crippen LogP contribution in [-0.2, 0) is 20.9 Å². The number of rotatable bonds is 6. The number of hydrogen-bond donors (Lipinski definition) is 1.